The maximum Gasteiger partial charge on any atom is 0.0995 e. The quantitative estimate of drug-likeness (QED) is 0.789. The van der Waals surface area contributed by atoms with Crippen molar-refractivity contribution in [3.05, 3.63) is 70.3 Å². The van der Waals surface area contributed by atoms with Crippen LogP contribution in [0.2, 0.25) is 0 Å². The Morgan fingerprint density at radius 3 is 2.25 bits per heavy atom. The van der Waals surface area contributed by atoms with Gasteiger partial charge in [-0.25, -0.2) is 0 Å². The van der Waals surface area contributed by atoms with E-state index >= 15 is 0 Å². The van der Waals surface area contributed by atoms with E-state index in [1.54, 1.807) is 0 Å². The second-order valence-electron chi connectivity index (χ2n) is 7.30. The molecule has 0 amide bonds. The highest BCUT2D eigenvalue weighted by Crippen LogP contribution is 2.33. The second-order valence-corrected chi connectivity index (χ2v) is 8.42. The maximum absolute atomic E-state index is 9.47. The summed E-state index contributed by atoms with van der Waals surface area (Å²) in [7, 11) is 0. The van der Waals surface area contributed by atoms with E-state index in [0.717, 1.165) is 23.1 Å². The van der Waals surface area contributed by atoms with Crippen LogP contribution in [0.1, 0.15) is 55.5 Å². The third-order valence-corrected chi connectivity index (χ3v) is 4.52. The standard InChI is InChI=1S/C21H22N2S/c1-20(2,18-7-5-6-16(11-18)13-22)12-15-8-9-19(21(3,4)24)17(10-15)14-23/h5-11,24H,12H2,1-4H3. The van der Waals surface area contributed by atoms with Gasteiger partial charge in [0.2, 0.25) is 0 Å². The molecule has 0 aliphatic rings. The van der Waals surface area contributed by atoms with Crippen molar-refractivity contribution in [2.45, 2.75) is 44.3 Å². The molecule has 2 aromatic rings. The predicted octanol–water partition coefficient (Wildman–Crippen LogP) is 5.12. The minimum Gasteiger partial charge on any atom is -0.192 e. The fraction of sp³-hybridized carbons (Fsp3) is 0.333. The van der Waals surface area contributed by atoms with E-state index in [9.17, 15) is 5.26 Å². The number of nitrogens with zero attached hydrogens (tertiary/aromatic N) is 2. The van der Waals surface area contributed by atoms with Crippen LogP contribution < -0.4 is 0 Å². The molecule has 2 nitrogen and oxygen atoms in total. The predicted molar refractivity (Wildman–Crippen MR) is 101 cm³/mol. The summed E-state index contributed by atoms with van der Waals surface area (Å²) in [5, 5.41) is 18.6. The van der Waals surface area contributed by atoms with Crippen molar-refractivity contribution in [2.75, 3.05) is 0 Å². The molecule has 0 N–H and O–H groups in total. The molecule has 2 rings (SSSR count). The van der Waals surface area contributed by atoms with E-state index in [1.807, 2.05) is 44.2 Å². The Hall–Kier alpha value is -2.23. The number of rotatable bonds is 4. The van der Waals surface area contributed by atoms with Gasteiger partial charge in [-0.1, -0.05) is 38.1 Å². The fourth-order valence-electron chi connectivity index (χ4n) is 2.95. The molecule has 0 saturated carbocycles. The number of nitriles is 2. The van der Waals surface area contributed by atoms with Gasteiger partial charge in [0.25, 0.3) is 0 Å². The van der Waals surface area contributed by atoms with Gasteiger partial charge < -0.3 is 0 Å². The lowest BCUT2D eigenvalue weighted by atomic mass is 9.78. The summed E-state index contributed by atoms with van der Waals surface area (Å²) in [4.78, 5) is 0. The summed E-state index contributed by atoms with van der Waals surface area (Å²) in [5.74, 6) is 0. The van der Waals surface area contributed by atoms with Gasteiger partial charge in [0.15, 0.2) is 0 Å². The molecule has 0 saturated heterocycles. The number of thiol groups is 1. The minimum atomic E-state index is -0.347. The van der Waals surface area contributed by atoms with Gasteiger partial charge in [0, 0.05) is 4.75 Å². The molecular weight excluding hydrogens is 312 g/mol. The fourth-order valence-corrected chi connectivity index (χ4v) is 3.14. The number of hydrogen-bond acceptors (Lipinski definition) is 3. The summed E-state index contributed by atoms with van der Waals surface area (Å²) >= 11 is 4.59. The molecule has 0 unspecified atom stereocenters. The Kier molecular flexibility index (Phi) is 5.07. The first-order chi connectivity index (χ1) is 11.2. The van der Waals surface area contributed by atoms with E-state index in [4.69, 9.17) is 5.26 Å². The van der Waals surface area contributed by atoms with Gasteiger partial charge >= 0.3 is 0 Å². The highest BCUT2D eigenvalue weighted by atomic mass is 32.1. The zero-order valence-electron chi connectivity index (χ0n) is 14.6. The van der Waals surface area contributed by atoms with E-state index in [0.29, 0.717) is 11.1 Å². The van der Waals surface area contributed by atoms with Gasteiger partial charge in [-0.2, -0.15) is 23.2 Å². The lowest BCUT2D eigenvalue weighted by Gasteiger charge is -2.27. The van der Waals surface area contributed by atoms with E-state index in [2.05, 4.69) is 50.7 Å². The van der Waals surface area contributed by atoms with Crippen molar-refractivity contribution in [2.24, 2.45) is 0 Å². The Bertz CT molecular complexity index is 830. The lowest BCUT2D eigenvalue weighted by molar-refractivity contribution is 0.522. The zero-order valence-corrected chi connectivity index (χ0v) is 15.5. The first-order valence-electron chi connectivity index (χ1n) is 7.94. The molecule has 3 heteroatoms. The van der Waals surface area contributed by atoms with Gasteiger partial charge in [-0.05, 0) is 60.6 Å². The molecule has 0 radical (unpaired) electrons. The normalized spacial score (nSPS) is 11.6. The van der Waals surface area contributed by atoms with Crippen LogP contribution >= 0.6 is 12.6 Å². The van der Waals surface area contributed by atoms with Crippen LogP contribution in [0, 0.1) is 22.7 Å². The Morgan fingerprint density at radius 2 is 1.67 bits per heavy atom. The van der Waals surface area contributed by atoms with Crippen molar-refractivity contribution in [3.8, 4) is 12.1 Å². The summed E-state index contributed by atoms with van der Waals surface area (Å²) in [5.41, 5.74) is 4.40. The smallest absolute Gasteiger partial charge is 0.0995 e. The Balaban J connectivity index is 2.36. The third kappa shape index (κ3) is 3.99. The van der Waals surface area contributed by atoms with Crippen LogP contribution in [0.25, 0.3) is 0 Å². The largest absolute Gasteiger partial charge is 0.192 e. The zero-order chi connectivity index (χ0) is 18.0. The average molecular weight is 334 g/mol. The Morgan fingerprint density at radius 1 is 0.958 bits per heavy atom. The van der Waals surface area contributed by atoms with E-state index in [-0.39, 0.29) is 10.2 Å². The van der Waals surface area contributed by atoms with Crippen LogP contribution in [0.5, 0.6) is 0 Å². The minimum absolute atomic E-state index is 0.127. The average Bonchev–Trinajstić information content (AvgIpc) is 2.53. The first-order valence-corrected chi connectivity index (χ1v) is 8.38. The molecule has 0 aromatic heterocycles. The van der Waals surface area contributed by atoms with Gasteiger partial charge in [0.05, 0.1) is 23.3 Å². The van der Waals surface area contributed by atoms with Crippen LogP contribution in [0.4, 0.5) is 0 Å². The summed E-state index contributed by atoms with van der Waals surface area (Å²) in [6, 6.07) is 18.3. The van der Waals surface area contributed by atoms with Crippen molar-refractivity contribution in [1.82, 2.24) is 0 Å². The number of hydrogen-bond donors (Lipinski definition) is 1. The topological polar surface area (TPSA) is 47.6 Å². The molecule has 0 atom stereocenters. The second kappa shape index (κ2) is 6.71. The summed E-state index contributed by atoms with van der Waals surface area (Å²) in [6.07, 6.45) is 0.795. The van der Waals surface area contributed by atoms with Crippen molar-refractivity contribution in [1.29, 1.82) is 10.5 Å². The van der Waals surface area contributed by atoms with E-state index in [1.165, 1.54) is 0 Å². The number of benzene rings is 2. The Labute approximate surface area is 150 Å². The molecule has 0 bridgehead atoms. The molecule has 0 aliphatic heterocycles. The molecule has 122 valence electrons. The molecule has 2 aromatic carbocycles. The highest BCUT2D eigenvalue weighted by molar-refractivity contribution is 7.81. The molecule has 0 fully saturated rings. The van der Waals surface area contributed by atoms with Gasteiger partial charge in [-0.3, -0.25) is 0 Å². The lowest BCUT2D eigenvalue weighted by Crippen LogP contribution is -2.21. The molecule has 0 spiro atoms. The maximum atomic E-state index is 9.47. The van der Waals surface area contributed by atoms with Crippen molar-refractivity contribution in [3.63, 3.8) is 0 Å². The highest BCUT2D eigenvalue weighted by Gasteiger charge is 2.24. The van der Waals surface area contributed by atoms with Gasteiger partial charge in [0.1, 0.15) is 0 Å². The van der Waals surface area contributed by atoms with Crippen LogP contribution in [-0.2, 0) is 16.6 Å². The molecule has 24 heavy (non-hydrogen) atoms. The SMILES string of the molecule is CC(C)(S)c1ccc(CC(C)(C)c2cccc(C#N)c2)cc1C#N. The summed E-state index contributed by atoms with van der Waals surface area (Å²) < 4.78 is -0.347. The van der Waals surface area contributed by atoms with E-state index < -0.39 is 0 Å². The van der Waals surface area contributed by atoms with Crippen molar-refractivity contribution >= 4 is 12.6 Å². The summed E-state index contributed by atoms with van der Waals surface area (Å²) in [6.45, 7) is 8.30. The molecular formula is C21H22N2S. The van der Waals surface area contributed by atoms with Crippen LogP contribution in [-0.4, -0.2) is 0 Å². The molecule has 0 heterocycles. The van der Waals surface area contributed by atoms with Gasteiger partial charge in [-0.15, -0.1) is 0 Å². The third-order valence-electron chi connectivity index (χ3n) is 4.28. The van der Waals surface area contributed by atoms with Crippen LogP contribution in [0.15, 0.2) is 42.5 Å². The van der Waals surface area contributed by atoms with Crippen molar-refractivity contribution < 1.29 is 0 Å². The van der Waals surface area contributed by atoms with Crippen LogP contribution in [0.3, 0.4) is 0 Å². The first kappa shape index (κ1) is 18.1. The molecule has 0 aliphatic carbocycles. The monoisotopic (exact) mass is 334 g/mol.